The van der Waals surface area contributed by atoms with Crippen molar-refractivity contribution in [3.05, 3.63) is 22.4 Å². The van der Waals surface area contributed by atoms with Crippen LogP contribution in [0.25, 0.3) is 0 Å². The van der Waals surface area contributed by atoms with E-state index >= 15 is 0 Å². The average molecular weight is 228 g/mol. The lowest BCUT2D eigenvalue weighted by molar-refractivity contribution is 0.696. The summed E-state index contributed by atoms with van der Waals surface area (Å²) in [5.74, 6) is 0. The van der Waals surface area contributed by atoms with Gasteiger partial charge >= 0.3 is 0 Å². The monoisotopic (exact) mass is 228 g/mol. The highest BCUT2D eigenvalue weighted by Crippen LogP contribution is 2.14. The lowest BCUT2D eigenvalue weighted by Crippen LogP contribution is -2.36. The first-order valence-corrected chi connectivity index (χ1v) is 6.15. The number of hydrogen-bond acceptors (Lipinski definition) is 2. The molecule has 1 atom stereocenters. The standard InChI is InChI=1S/C10H16N2S2/c1-3-5-11-10(13)12-8(2)9-4-6-14-7-9/h4,6-8H,3,5H2,1-2H3,(H2,11,12,13). The third-order valence-electron chi connectivity index (χ3n) is 1.93. The molecule has 0 aromatic carbocycles. The van der Waals surface area contributed by atoms with Crippen molar-refractivity contribution in [3.63, 3.8) is 0 Å². The van der Waals surface area contributed by atoms with Gasteiger partial charge in [-0.2, -0.15) is 11.3 Å². The number of rotatable bonds is 4. The minimum atomic E-state index is 0.290. The van der Waals surface area contributed by atoms with Gasteiger partial charge < -0.3 is 10.6 Å². The molecule has 0 aliphatic carbocycles. The molecular formula is C10H16N2S2. The topological polar surface area (TPSA) is 24.1 Å². The molecule has 2 nitrogen and oxygen atoms in total. The van der Waals surface area contributed by atoms with Gasteiger partial charge in [0.15, 0.2) is 5.11 Å². The summed E-state index contributed by atoms with van der Waals surface area (Å²) < 4.78 is 0. The molecule has 4 heteroatoms. The first kappa shape index (κ1) is 11.5. The van der Waals surface area contributed by atoms with Crippen molar-refractivity contribution >= 4 is 28.7 Å². The maximum absolute atomic E-state index is 5.15. The first-order chi connectivity index (χ1) is 6.74. The van der Waals surface area contributed by atoms with Crippen LogP contribution in [-0.2, 0) is 0 Å². The Balaban J connectivity index is 2.33. The molecule has 0 fully saturated rings. The summed E-state index contributed by atoms with van der Waals surface area (Å²) in [5, 5.41) is 11.4. The van der Waals surface area contributed by atoms with Crippen molar-refractivity contribution in [1.29, 1.82) is 0 Å². The van der Waals surface area contributed by atoms with Gasteiger partial charge in [-0.1, -0.05) is 6.92 Å². The number of thiophene rings is 1. The SMILES string of the molecule is CCCNC(=S)NC(C)c1ccsc1. The summed E-state index contributed by atoms with van der Waals surface area (Å²) >= 11 is 6.86. The Kier molecular flexibility index (Phi) is 4.90. The summed E-state index contributed by atoms with van der Waals surface area (Å²) in [7, 11) is 0. The zero-order chi connectivity index (χ0) is 10.4. The zero-order valence-electron chi connectivity index (χ0n) is 8.54. The first-order valence-electron chi connectivity index (χ1n) is 4.80. The van der Waals surface area contributed by atoms with E-state index in [1.807, 2.05) is 0 Å². The van der Waals surface area contributed by atoms with Gasteiger partial charge in [0.25, 0.3) is 0 Å². The van der Waals surface area contributed by atoms with Crippen LogP contribution in [0.2, 0.25) is 0 Å². The zero-order valence-corrected chi connectivity index (χ0v) is 10.2. The van der Waals surface area contributed by atoms with Crippen LogP contribution in [0.4, 0.5) is 0 Å². The molecule has 1 aromatic rings. The predicted molar refractivity (Wildman–Crippen MR) is 66.8 cm³/mol. The quantitative estimate of drug-likeness (QED) is 0.775. The molecule has 1 unspecified atom stereocenters. The van der Waals surface area contributed by atoms with Gasteiger partial charge in [0.1, 0.15) is 0 Å². The highest BCUT2D eigenvalue weighted by atomic mass is 32.1. The van der Waals surface area contributed by atoms with Crippen LogP contribution < -0.4 is 10.6 Å². The Morgan fingerprint density at radius 1 is 1.64 bits per heavy atom. The van der Waals surface area contributed by atoms with Crippen molar-refractivity contribution in [1.82, 2.24) is 10.6 Å². The molecule has 14 heavy (non-hydrogen) atoms. The van der Waals surface area contributed by atoms with Crippen LogP contribution in [0.5, 0.6) is 0 Å². The minimum Gasteiger partial charge on any atom is -0.363 e. The maximum Gasteiger partial charge on any atom is 0.166 e. The van der Waals surface area contributed by atoms with Gasteiger partial charge in [0.05, 0.1) is 6.04 Å². The highest BCUT2D eigenvalue weighted by molar-refractivity contribution is 7.80. The smallest absolute Gasteiger partial charge is 0.166 e. The van der Waals surface area contributed by atoms with E-state index in [1.54, 1.807) is 11.3 Å². The van der Waals surface area contributed by atoms with Crippen LogP contribution in [0.3, 0.4) is 0 Å². The number of hydrogen-bond donors (Lipinski definition) is 2. The average Bonchev–Trinajstić information content (AvgIpc) is 2.67. The lowest BCUT2D eigenvalue weighted by atomic mass is 10.2. The second kappa shape index (κ2) is 5.98. The normalized spacial score (nSPS) is 12.1. The largest absolute Gasteiger partial charge is 0.363 e. The van der Waals surface area contributed by atoms with Crippen molar-refractivity contribution in [3.8, 4) is 0 Å². The fourth-order valence-electron chi connectivity index (χ4n) is 1.09. The van der Waals surface area contributed by atoms with E-state index in [0.29, 0.717) is 0 Å². The van der Waals surface area contributed by atoms with Gasteiger partial charge in [-0.25, -0.2) is 0 Å². The molecule has 0 amide bonds. The number of thiocarbonyl (C=S) groups is 1. The van der Waals surface area contributed by atoms with Gasteiger partial charge in [0.2, 0.25) is 0 Å². The van der Waals surface area contributed by atoms with Crippen molar-refractivity contribution < 1.29 is 0 Å². The summed E-state index contributed by atoms with van der Waals surface area (Å²) in [6.07, 6.45) is 1.09. The summed E-state index contributed by atoms with van der Waals surface area (Å²) in [6, 6.07) is 2.41. The second-order valence-corrected chi connectivity index (χ2v) is 4.37. The molecular weight excluding hydrogens is 212 g/mol. The second-order valence-electron chi connectivity index (χ2n) is 3.18. The highest BCUT2D eigenvalue weighted by Gasteiger charge is 2.05. The van der Waals surface area contributed by atoms with Crippen molar-refractivity contribution in [2.24, 2.45) is 0 Å². The molecule has 0 aliphatic heterocycles. The Labute approximate surface area is 94.7 Å². The molecule has 78 valence electrons. The molecule has 1 heterocycles. The molecule has 0 saturated carbocycles. The summed E-state index contributed by atoms with van der Waals surface area (Å²) in [6.45, 7) is 5.17. The van der Waals surface area contributed by atoms with E-state index in [0.717, 1.165) is 18.1 Å². The summed E-state index contributed by atoms with van der Waals surface area (Å²) in [4.78, 5) is 0. The lowest BCUT2D eigenvalue weighted by Gasteiger charge is -2.15. The van der Waals surface area contributed by atoms with Crippen LogP contribution in [0.15, 0.2) is 16.8 Å². The number of nitrogens with one attached hydrogen (secondary N) is 2. The predicted octanol–water partition coefficient (Wildman–Crippen LogP) is 2.68. The molecule has 0 bridgehead atoms. The Hall–Kier alpha value is -0.610. The van der Waals surface area contributed by atoms with E-state index < -0.39 is 0 Å². The molecule has 1 rings (SSSR count). The van der Waals surface area contributed by atoms with E-state index in [4.69, 9.17) is 12.2 Å². The van der Waals surface area contributed by atoms with E-state index in [-0.39, 0.29) is 6.04 Å². The van der Waals surface area contributed by atoms with Crippen molar-refractivity contribution in [2.45, 2.75) is 26.3 Å². The van der Waals surface area contributed by atoms with Crippen LogP contribution in [-0.4, -0.2) is 11.7 Å². The fraction of sp³-hybridized carbons (Fsp3) is 0.500. The van der Waals surface area contributed by atoms with E-state index in [1.165, 1.54) is 5.56 Å². The van der Waals surface area contributed by atoms with E-state index in [2.05, 4.69) is 41.3 Å². The third kappa shape index (κ3) is 3.64. The summed E-state index contributed by atoms with van der Waals surface area (Å²) in [5.41, 5.74) is 1.29. The molecule has 1 aromatic heterocycles. The van der Waals surface area contributed by atoms with Crippen molar-refractivity contribution in [2.75, 3.05) is 6.54 Å². The Bertz CT molecular complexity index is 270. The molecule has 0 radical (unpaired) electrons. The Morgan fingerprint density at radius 2 is 2.43 bits per heavy atom. The Morgan fingerprint density at radius 3 is 3.00 bits per heavy atom. The van der Waals surface area contributed by atoms with Gasteiger partial charge in [-0.3, -0.25) is 0 Å². The molecule has 2 N–H and O–H groups in total. The minimum absolute atomic E-state index is 0.290. The fourth-order valence-corrected chi connectivity index (χ4v) is 2.12. The molecule has 0 aliphatic rings. The molecule has 0 spiro atoms. The third-order valence-corrected chi connectivity index (χ3v) is 2.89. The van der Waals surface area contributed by atoms with E-state index in [9.17, 15) is 0 Å². The van der Waals surface area contributed by atoms with Crippen LogP contribution >= 0.6 is 23.6 Å². The van der Waals surface area contributed by atoms with Gasteiger partial charge in [-0.15, -0.1) is 0 Å². The maximum atomic E-state index is 5.15. The van der Waals surface area contributed by atoms with Crippen LogP contribution in [0.1, 0.15) is 31.9 Å². The molecule has 0 saturated heterocycles. The van der Waals surface area contributed by atoms with Gasteiger partial charge in [-0.05, 0) is 48.0 Å². The van der Waals surface area contributed by atoms with Crippen LogP contribution in [0, 0.1) is 0 Å². The van der Waals surface area contributed by atoms with Gasteiger partial charge in [0, 0.05) is 6.54 Å².